The van der Waals surface area contributed by atoms with E-state index in [0.29, 0.717) is 18.2 Å². The first-order chi connectivity index (χ1) is 9.07. The van der Waals surface area contributed by atoms with Crippen LogP contribution in [-0.4, -0.2) is 16.7 Å². The number of aromatic nitrogens is 1. The van der Waals surface area contributed by atoms with E-state index in [2.05, 4.69) is 11.9 Å². The van der Waals surface area contributed by atoms with Gasteiger partial charge < -0.3 is 9.84 Å². The Morgan fingerprint density at radius 2 is 1.58 bits per heavy atom. The summed E-state index contributed by atoms with van der Waals surface area (Å²) in [7, 11) is 0. The first-order valence-corrected chi connectivity index (χ1v) is 7.37. The van der Waals surface area contributed by atoms with Crippen molar-refractivity contribution in [1.82, 2.24) is 4.98 Å². The predicted octanol–water partition coefficient (Wildman–Crippen LogP) is 4.45. The minimum Gasteiger partial charge on any atom is -0.506 e. The molecule has 0 saturated heterocycles. The molecule has 1 rings (SSSR count). The number of aryl methyl sites for hydroxylation is 1. The van der Waals surface area contributed by atoms with Gasteiger partial charge in [-0.3, -0.25) is 0 Å². The SMILES string of the molecule is CCCCCCCCOc1nc(C)c(O)c(C)c1C. The van der Waals surface area contributed by atoms with Crippen molar-refractivity contribution in [3.05, 3.63) is 16.8 Å². The normalized spacial score (nSPS) is 10.7. The van der Waals surface area contributed by atoms with Gasteiger partial charge in [0, 0.05) is 11.1 Å². The summed E-state index contributed by atoms with van der Waals surface area (Å²) in [6.45, 7) is 8.59. The molecule has 0 unspecified atom stereocenters. The van der Waals surface area contributed by atoms with Crippen molar-refractivity contribution in [2.24, 2.45) is 0 Å². The van der Waals surface area contributed by atoms with E-state index >= 15 is 0 Å². The number of aromatic hydroxyl groups is 1. The zero-order chi connectivity index (χ0) is 14.3. The molecular weight excluding hydrogens is 238 g/mol. The van der Waals surface area contributed by atoms with Gasteiger partial charge in [-0.05, 0) is 27.2 Å². The van der Waals surface area contributed by atoms with E-state index in [1.807, 2.05) is 13.8 Å². The van der Waals surface area contributed by atoms with Crippen LogP contribution in [0.1, 0.15) is 62.3 Å². The molecule has 3 heteroatoms. The van der Waals surface area contributed by atoms with Gasteiger partial charge in [-0.25, -0.2) is 4.98 Å². The van der Waals surface area contributed by atoms with Gasteiger partial charge in [-0.15, -0.1) is 0 Å². The van der Waals surface area contributed by atoms with E-state index in [9.17, 15) is 5.11 Å². The van der Waals surface area contributed by atoms with Crippen LogP contribution in [0.25, 0.3) is 0 Å². The van der Waals surface area contributed by atoms with Crippen LogP contribution in [0.3, 0.4) is 0 Å². The first-order valence-electron chi connectivity index (χ1n) is 7.37. The van der Waals surface area contributed by atoms with Crippen molar-refractivity contribution in [2.75, 3.05) is 6.61 Å². The molecular formula is C16H27NO2. The van der Waals surface area contributed by atoms with Gasteiger partial charge in [0.05, 0.1) is 12.3 Å². The molecule has 3 nitrogen and oxygen atoms in total. The molecule has 0 saturated carbocycles. The molecule has 1 aromatic heterocycles. The maximum atomic E-state index is 9.79. The standard InChI is InChI=1S/C16H27NO2/c1-5-6-7-8-9-10-11-19-16-13(3)12(2)15(18)14(4)17-16/h18H,5-11H2,1-4H3. The van der Waals surface area contributed by atoms with Crippen LogP contribution in [0.4, 0.5) is 0 Å². The van der Waals surface area contributed by atoms with Crippen LogP contribution in [0, 0.1) is 20.8 Å². The van der Waals surface area contributed by atoms with Crippen LogP contribution < -0.4 is 4.74 Å². The van der Waals surface area contributed by atoms with E-state index in [-0.39, 0.29) is 5.75 Å². The van der Waals surface area contributed by atoms with Crippen molar-refractivity contribution in [2.45, 2.75) is 66.2 Å². The maximum absolute atomic E-state index is 9.79. The van der Waals surface area contributed by atoms with E-state index in [1.165, 1.54) is 32.1 Å². The van der Waals surface area contributed by atoms with Gasteiger partial charge in [-0.2, -0.15) is 0 Å². The van der Waals surface area contributed by atoms with Crippen molar-refractivity contribution < 1.29 is 9.84 Å². The summed E-state index contributed by atoms with van der Waals surface area (Å²) in [5.74, 6) is 0.950. The zero-order valence-corrected chi connectivity index (χ0v) is 12.8. The van der Waals surface area contributed by atoms with Crippen molar-refractivity contribution in [3.8, 4) is 11.6 Å². The van der Waals surface area contributed by atoms with E-state index < -0.39 is 0 Å². The van der Waals surface area contributed by atoms with Crippen LogP contribution in [0.2, 0.25) is 0 Å². The summed E-state index contributed by atoms with van der Waals surface area (Å²) >= 11 is 0. The fourth-order valence-electron chi connectivity index (χ4n) is 2.09. The second kappa shape index (κ2) is 8.03. The highest BCUT2D eigenvalue weighted by molar-refractivity contribution is 5.45. The smallest absolute Gasteiger partial charge is 0.216 e. The van der Waals surface area contributed by atoms with Gasteiger partial charge in [0.25, 0.3) is 0 Å². The highest BCUT2D eigenvalue weighted by Crippen LogP contribution is 2.28. The lowest BCUT2D eigenvalue weighted by Crippen LogP contribution is -2.03. The lowest BCUT2D eigenvalue weighted by Gasteiger charge is -2.12. The van der Waals surface area contributed by atoms with E-state index in [0.717, 1.165) is 17.5 Å². The van der Waals surface area contributed by atoms with Crippen molar-refractivity contribution in [1.29, 1.82) is 0 Å². The molecule has 19 heavy (non-hydrogen) atoms. The minimum absolute atomic E-state index is 0.282. The van der Waals surface area contributed by atoms with E-state index in [4.69, 9.17) is 4.74 Å². The lowest BCUT2D eigenvalue weighted by molar-refractivity contribution is 0.289. The Labute approximate surface area is 117 Å². The average molecular weight is 265 g/mol. The Bertz CT molecular complexity index is 402. The lowest BCUT2D eigenvalue weighted by atomic mass is 10.1. The summed E-state index contributed by atoms with van der Waals surface area (Å²) in [6, 6.07) is 0. The van der Waals surface area contributed by atoms with Crippen LogP contribution in [0.5, 0.6) is 11.6 Å². The van der Waals surface area contributed by atoms with Crippen molar-refractivity contribution in [3.63, 3.8) is 0 Å². The monoisotopic (exact) mass is 265 g/mol. The second-order valence-corrected chi connectivity index (χ2v) is 5.22. The van der Waals surface area contributed by atoms with Gasteiger partial charge in [0.1, 0.15) is 5.75 Å². The molecule has 1 N–H and O–H groups in total. The van der Waals surface area contributed by atoms with Gasteiger partial charge in [0.2, 0.25) is 5.88 Å². The molecule has 0 fully saturated rings. The molecule has 0 bridgehead atoms. The molecule has 0 spiro atoms. The molecule has 0 aliphatic carbocycles. The zero-order valence-electron chi connectivity index (χ0n) is 12.8. The summed E-state index contributed by atoms with van der Waals surface area (Å²) in [5.41, 5.74) is 2.44. The molecule has 0 amide bonds. The largest absolute Gasteiger partial charge is 0.506 e. The molecule has 1 aromatic rings. The second-order valence-electron chi connectivity index (χ2n) is 5.22. The Morgan fingerprint density at radius 1 is 0.947 bits per heavy atom. The van der Waals surface area contributed by atoms with Gasteiger partial charge in [-0.1, -0.05) is 39.0 Å². The third-order valence-electron chi connectivity index (χ3n) is 3.59. The van der Waals surface area contributed by atoms with Crippen LogP contribution in [-0.2, 0) is 0 Å². The van der Waals surface area contributed by atoms with Crippen LogP contribution >= 0.6 is 0 Å². The Morgan fingerprint density at radius 3 is 2.26 bits per heavy atom. The average Bonchev–Trinajstić information content (AvgIpc) is 2.41. The first kappa shape index (κ1) is 15.8. The predicted molar refractivity (Wildman–Crippen MR) is 79.0 cm³/mol. The Balaban J connectivity index is 2.38. The number of rotatable bonds is 8. The molecule has 108 valence electrons. The summed E-state index contributed by atoms with van der Waals surface area (Å²) in [5, 5.41) is 9.79. The highest BCUT2D eigenvalue weighted by atomic mass is 16.5. The number of hydrogen-bond donors (Lipinski definition) is 1. The topological polar surface area (TPSA) is 42.4 Å². The number of ether oxygens (including phenoxy) is 1. The number of pyridine rings is 1. The molecule has 0 aliphatic rings. The molecule has 0 aromatic carbocycles. The Kier molecular flexibility index (Phi) is 6.68. The number of unbranched alkanes of at least 4 members (excludes halogenated alkanes) is 5. The fraction of sp³-hybridized carbons (Fsp3) is 0.688. The molecule has 0 aliphatic heterocycles. The number of hydrogen-bond acceptors (Lipinski definition) is 3. The molecule has 0 atom stereocenters. The maximum Gasteiger partial charge on any atom is 0.216 e. The Hall–Kier alpha value is -1.25. The van der Waals surface area contributed by atoms with E-state index in [1.54, 1.807) is 6.92 Å². The molecule has 1 heterocycles. The summed E-state index contributed by atoms with van der Waals surface area (Å²) in [4.78, 5) is 4.31. The summed E-state index contributed by atoms with van der Waals surface area (Å²) < 4.78 is 5.74. The van der Waals surface area contributed by atoms with Gasteiger partial charge in [0.15, 0.2) is 0 Å². The number of nitrogens with zero attached hydrogens (tertiary/aromatic N) is 1. The van der Waals surface area contributed by atoms with Gasteiger partial charge >= 0.3 is 0 Å². The fourth-order valence-corrected chi connectivity index (χ4v) is 2.09. The van der Waals surface area contributed by atoms with Crippen LogP contribution in [0.15, 0.2) is 0 Å². The molecule has 0 radical (unpaired) electrons. The third kappa shape index (κ3) is 4.73. The summed E-state index contributed by atoms with van der Waals surface area (Å²) in [6.07, 6.45) is 7.52. The highest BCUT2D eigenvalue weighted by Gasteiger charge is 2.11. The van der Waals surface area contributed by atoms with Crippen molar-refractivity contribution >= 4 is 0 Å². The minimum atomic E-state index is 0.282. The third-order valence-corrected chi connectivity index (χ3v) is 3.59. The quantitative estimate of drug-likeness (QED) is 0.706.